The Kier molecular flexibility index (Phi) is 6.53. The number of Topliss-reactive ketones (excluding diaryl/α,β-unsaturated/α-hetero) is 1. The second-order valence-corrected chi connectivity index (χ2v) is 10.3. The molecule has 174 valence electrons. The fraction of sp³-hybridized carbons (Fsp3) is 0.792. The molecule has 0 saturated heterocycles. The highest BCUT2D eigenvalue weighted by Gasteiger charge is 2.68. The average molecular weight is 437 g/mol. The number of ketones is 2. The molecule has 0 heterocycles. The maximum atomic E-state index is 12.4. The Bertz CT molecular complexity index is 789. The number of carbonyl (C=O) groups is 3. The number of aliphatic carboxylic acids is 1. The molecule has 0 radical (unpaired) electrons. The molecule has 7 heteroatoms. The number of carboxylic acids is 1. The highest BCUT2D eigenvalue weighted by Crippen LogP contribution is 2.67. The molecule has 3 fully saturated rings. The van der Waals surface area contributed by atoms with E-state index in [1.807, 2.05) is 6.92 Å². The van der Waals surface area contributed by atoms with E-state index in [9.17, 15) is 29.7 Å². The first-order chi connectivity index (χ1) is 14.4. The molecule has 0 spiro atoms. The molecule has 0 aromatic rings. The number of allylic oxidation sites excluding steroid dienone is 1. The van der Waals surface area contributed by atoms with Crippen molar-refractivity contribution in [3.63, 3.8) is 0 Å². The molecule has 31 heavy (non-hydrogen) atoms. The Morgan fingerprint density at radius 2 is 1.81 bits per heavy atom. The lowest BCUT2D eigenvalue weighted by atomic mass is 9.45. The van der Waals surface area contributed by atoms with E-state index in [0.29, 0.717) is 19.3 Å². The SMILES string of the molecule is CCC(=O)O.C[C@]12CCC(=O)C=C1CC[C@@H]1[C@@H]2[C@@H](O)C[C@@]2(C)[C@H]1CC[C@]2(O)C(=O)CO. The Hall–Kier alpha value is -1.57. The van der Waals surface area contributed by atoms with Crippen LogP contribution in [0.1, 0.15) is 72.1 Å². The summed E-state index contributed by atoms with van der Waals surface area (Å²) >= 11 is 0. The van der Waals surface area contributed by atoms with E-state index in [-0.39, 0.29) is 35.4 Å². The van der Waals surface area contributed by atoms with Gasteiger partial charge in [0, 0.05) is 18.3 Å². The molecule has 3 saturated carbocycles. The lowest BCUT2D eigenvalue weighted by molar-refractivity contribution is -0.182. The molecule has 7 nitrogen and oxygen atoms in total. The number of hydrogen-bond acceptors (Lipinski definition) is 6. The number of aliphatic hydroxyl groups is 3. The summed E-state index contributed by atoms with van der Waals surface area (Å²) in [7, 11) is 0. The van der Waals surface area contributed by atoms with Crippen molar-refractivity contribution in [2.45, 2.75) is 83.8 Å². The van der Waals surface area contributed by atoms with Gasteiger partial charge in [0.25, 0.3) is 0 Å². The molecule has 0 bridgehead atoms. The van der Waals surface area contributed by atoms with Crippen LogP contribution >= 0.6 is 0 Å². The quantitative estimate of drug-likeness (QED) is 0.533. The minimum atomic E-state index is -1.54. The molecule has 7 atom stereocenters. The summed E-state index contributed by atoms with van der Waals surface area (Å²) in [4.78, 5) is 33.6. The van der Waals surface area contributed by atoms with Gasteiger partial charge < -0.3 is 20.4 Å². The molecule has 0 aromatic heterocycles. The summed E-state index contributed by atoms with van der Waals surface area (Å²) in [5.41, 5.74) is -1.23. The second-order valence-electron chi connectivity index (χ2n) is 10.3. The fourth-order valence-electron chi connectivity index (χ4n) is 7.28. The zero-order valence-corrected chi connectivity index (χ0v) is 18.8. The normalized spacial score (nSPS) is 43.5. The van der Waals surface area contributed by atoms with Crippen molar-refractivity contribution in [1.82, 2.24) is 0 Å². The Morgan fingerprint density at radius 1 is 1.16 bits per heavy atom. The predicted octanol–water partition coefficient (Wildman–Crippen LogP) is 2.26. The first kappa shape index (κ1) is 24.1. The van der Waals surface area contributed by atoms with Gasteiger partial charge in [-0.1, -0.05) is 26.3 Å². The van der Waals surface area contributed by atoms with Crippen molar-refractivity contribution >= 4 is 17.5 Å². The molecular formula is C24H36O7. The first-order valence-corrected chi connectivity index (χ1v) is 11.4. The summed E-state index contributed by atoms with van der Waals surface area (Å²) in [6, 6.07) is 0. The summed E-state index contributed by atoms with van der Waals surface area (Å²) in [5.74, 6) is -0.605. The molecule has 4 aliphatic rings. The molecular weight excluding hydrogens is 400 g/mol. The Balaban J connectivity index is 0.000000491. The molecule has 4 N–H and O–H groups in total. The number of aliphatic hydroxyl groups excluding tert-OH is 2. The standard InChI is InChI=1S/C21H30O5.C3H6O2/c1-19-7-5-13(23)9-12(19)3-4-14-15-6-8-21(26,17(25)11-22)20(15,2)10-16(24)18(14)19;1-2-3(4)5/h9,14-16,18,22,24,26H,3-8,10-11H2,1-2H3;2H2,1H3,(H,4,5)/t14-,15-,16-,18+,19-,20-,21-;/m0./s1. The van der Waals surface area contributed by atoms with E-state index in [0.717, 1.165) is 25.7 Å². The third kappa shape index (κ3) is 3.68. The van der Waals surface area contributed by atoms with Crippen LogP contribution in [0.5, 0.6) is 0 Å². The van der Waals surface area contributed by atoms with Crippen LogP contribution in [-0.4, -0.2) is 56.3 Å². The van der Waals surface area contributed by atoms with Gasteiger partial charge in [-0.15, -0.1) is 0 Å². The van der Waals surface area contributed by atoms with Gasteiger partial charge in [-0.2, -0.15) is 0 Å². The lowest BCUT2D eigenvalue weighted by Crippen LogP contribution is -2.62. The summed E-state index contributed by atoms with van der Waals surface area (Å²) in [6.45, 7) is 5.06. The van der Waals surface area contributed by atoms with E-state index in [2.05, 4.69) is 6.92 Å². The highest BCUT2D eigenvalue weighted by atomic mass is 16.4. The number of carbonyl (C=O) groups excluding carboxylic acids is 2. The van der Waals surface area contributed by atoms with Gasteiger partial charge in [-0.05, 0) is 67.8 Å². The third-order valence-corrected chi connectivity index (χ3v) is 8.96. The zero-order valence-electron chi connectivity index (χ0n) is 18.8. The van der Waals surface area contributed by atoms with Crippen molar-refractivity contribution in [2.75, 3.05) is 6.61 Å². The van der Waals surface area contributed by atoms with Crippen LogP contribution in [-0.2, 0) is 14.4 Å². The summed E-state index contributed by atoms with van der Waals surface area (Å²) in [5, 5.41) is 39.4. The Labute approximate surface area is 183 Å². The van der Waals surface area contributed by atoms with Crippen molar-refractivity contribution in [3.05, 3.63) is 11.6 Å². The Morgan fingerprint density at radius 3 is 2.39 bits per heavy atom. The first-order valence-electron chi connectivity index (χ1n) is 11.4. The molecule has 4 aliphatic carbocycles. The van der Waals surface area contributed by atoms with Crippen LogP contribution in [0.25, 0.3) is 0 Å². The second kappa shape index (κ2) is 8.41. The van der Waals surface area contributed by atoms with Gasteiger partial charge in [0.15, 0.2) is 11.6 Å². The summed E-state index contributed by atoms with van der Waals surface area (Å²) < 4.78 is 0. The highest BCUT2D eigenvalue weighted by molar-refractivity contribution is 5.91. The van der Waals surface area contributed by atoms with Crippen LogP contribution in [0.15, 0.2) is 11.6 Å². The van der Waals surface area contributed by atoms with E-state index in [1.54, 1.807) is 13.0 Å². The van der Waals surface area contributed by atoms with E-state index < -0.39 is 35.5 Å². The molecule has 0 aromatic carbocycles. The maximum Gasteiger partial charge on any atom is 0.303 e. The smallest absolute Gasteiger partial charge is 0.303 e. The maximum absolute atomic E-state index is 12.4. The molecule has 0 aliphatic heterocycles. The van der Waals surface area contributed by atoms with Gasteiger partial charge >= 0.3 is 5.97 Å². The van der Waals surface area contributed by atoms with Gasteiger partial charge in [0.05, 0.1) is 6.10 Å². The van der Waals surface area contributed by atoms with Crippen molar-refractivity contribution in [1.29, 1.82) is 0 Å². The van der Waals surface area contributed by atoms with Gasteiger partial charge in [0.1, 0.15) is 12.2 Å². The van der Waals surface area contributed by atoms with E-state index in [1.165, 1.54) is 5.57 Å². The molecule has 4 rings (SSSR count). The average Bonchev–Trinajstić information content (AvgIpc) is 2.99. The van der Waals surface area contributed by atoms with Crippen molar-refractivity contribution in [2.24, 2.45) is 28.6 Å². The minimum Gasteiger partial charge on any atom is -0.481 e. The monoisotopic (exact) mass is 436 g/mol. The van der Waals surface area contributed by atoms with Crippen molar-refractivity contribution < 1.29 is 34.8 Å². The number of fused-ring (bicyclic) bond motifs is 5. The van der Waals surface area contributed by atoms with Gasteiger partial charge in [-0.25, -0.2) is 0 Å². The largest absolute Gasteiger partial charge is 0.481 e. The third-order valence-electron chi connectivity index (χ3n) is 8.96. The summed E-state index contributed by atoms with van der Waals surface area (Å²) in [6.07, 6.45) is 5.96. The number of carboxylic acid groups (broad SMARTS) is 1. The minimum absolute atomic E-state index is 0.0697. The van der Waals surface area contributed by atoms with Crippen LogP contribution < -0.4 is 0 Å². The molecule has 0 amide bonds. The van der Waals surface area contributed by atoms with Gasteiger partial charge in [0.2, 0.25) is 0 Å². The predicted molar refractivity (Wildman–Crippen MR) is 113 cm³/mol. The van der Waals surface area contributed by atoms with E-state index >= 15 is 0 Å². The number of hydrogen-bond donors (Lipinski definition) is 4. The topological polar surface area (TPSA) is 132 Å². The number of rotatable bonds is 3. The zero-order chi connectivity index (χ0) is 23.2. The fourth-order valence-corrected chi connectivity index (χ4v) is 7.28. The lowest BCUT2D eigenvalue weighted by Gasteiger charge is -2.60. The van der Waals surface area contributed by atoms with Gasteiger partial charge in [-0.3, -0.25) is 14.4 Å². The van der Waals surface area contributed by atoms with Crippen LogP contribution in [0.3, 0.4) is 0 Å². The van der Waals surface area contributed by atoms with E-state index in [4.69, 9.17) is 5.11 Å². The van der Waals surface area contributed by atoms with Crippen molar-refractivity contribution in [3.8, 4) is 0 Å². The van der Waals surface area contributed by atoms with Crippen LogP contribution in [0.2, 0.25) is 0 Å². The molecule has 0 unspecified atom stereocenters. The van der Waals surface area contributed by atoms with Crippen LogP contribution in [0.4, 0.5) is 0 Å². The van der Waals surface area contributed by atoms with Crippen LogP contribution in [0, 0.1) is 28.6 Å².